The molecule has 2 aromatic rings. The summed E-state index contributed by atoms with van der Waals surface area (Å²) in [5.41, 5.74) is 6.30. The number of aliphatic imine (C=N–C) groups is 1. The van der Waals surface area contributed by atoms with Gasteiger partial charge in [0.2, 0.25) is 0 Å². The van der Waals surface area contributed by atoms with Crippen LogP contribution in [-0.4, -0.2) is 28.5 Å². The van der Waals surface area contributed by atoms with Crippen molar-refractivity contribution in [1.82, 2.24) is 4.57 Å². The summed E-state index contributed by atoms with van der Waals surface area (Å²) in [5, 5.41) is 10.4. The molecule has 0 aliphatic carbocycles. The Morgan fingerprint density at radius 1 is 1.19 bits per heavy atom. The lowest BCUT2D eigenvalue weighted by atomic mass is 10.1. The second-order valence-electron chi connectivity index (χ2n) is 6.39. The van der Waals surface area contributed by atoms with Crippen molar-refractivity contribution in [2.75, 3.05) is 7.11 Å². The van der Waals surface area contributed by atoms with Gasteiger partial charge in [-0.2, -0.15) is 0 Å². The standard InChI is InChI=1S/C21H22N2O3/c1-12-8-6-7-9-18(12)23-13(2)10-16(15(23)4)11-17-20(24)19(14(3)22-17)21(25)26-5/h6-11,24H,1-5H3/b17-11-. The van der Waals surface area contributed by atoms with E-state index in [4.69, 9.17) is 4.74 Å². The summed E-state index contributed by atoms with van der Waals surface area (Å²) in [4.78, 5) is 16.2. The van der Waals surface area contributed by atoms with Gasteiger partial charge in [-0.25, -0.2) is 9.79 Å². The van der Waals surface area contributed by atoms with Crippen molar-refractivity contribution in [1.29, 1.82) is 0 Å². The molecule has 0 bridgehead atoms. The van der Waals surface area contributed by atoms with Gasteiger partial charge in [0.15, 0.2) is 5.76 Å². The molecule has 0 radical (unpaired) electrons. The van der Waals surface area contributed by atoms with Gasteiger partial charge in [0.05, 0.1) is 12.8 Å². The normalized spacial score (nSPS) is 15.6. The lowest BCUT2D eigenvalue weighted by Crippen LogP contribution is -2.11. The van der Waals surface area contributed by atoms with Gasteiger partial charge in [0, 0.05) is 17.1 Å². The number of para-hydroxylation sites is 1. The summed E-state index contributed by atoms with van der Waals surface area (Å²) >= 11 is 0. The maximum absolute atomic E-state index is 11.8. The monoisotopic (exact) mass is 350 g/mol. The van der Waals surface area contributed by atoms with Crippen LogP contribution in [0.2, 0.25) is 0 Å². The van der Waals surface area contributed by atoms with Gasteiger partial charge >= 0.3 is 5.97 Å². The number of carbonyl (C=O) groups excluding carboxylic acids is 1. The van der Waals surface area contributed by atoms with Crippen molar-refractivity contribution in [2.24, 2.45) is 4.99 Å². The average Bonchev–Trinajstić information content (AvgIpc) is 3.04. The Hall–Kier alpha value is -3.08. The smallest absolute Gasteiger partial charge is 0.343 e. The van der Waals surface area contributed by atoms with Crippen LogP contribution in [0.4, 0.5) is 0 Å². The first-order chi connectivity index (χ1) is 12.3. The first-order valence-electron chi connectivity index (χ1n) is 8.39. The minimum atomic E-state index is -0.586. The molecule has 0 spiro atoms. The molecule has 1 aliphatic heterocycles. The number of carbonyl (C=O) groups is 1. The number of rotatable bonds is 3. The molecule has 1 aromatic heterocycles. The van der Waals surface area contributed by atoms with Crippen molar-refractivity contribution in [2.45, 2.75) is 27.7 Å². The number of esters is 1. The number of aromatic nitrogens is 1. The maximum Gasteiger partial charge on any atom is 0.343 e. The molecule has 5 nitrogen and oxygen atoms in total. The third kappa shape index (κ3) is 2.86. The zero-order valence-electron chi connectivity index (χ0n) is 15.6. The molecule has 1 N–H and O–H groups in total. The Morgan fingerprint density at radius 2 is 1.88 bits per heavy atom. The quantitative estimate of drug-likeness (QED) is 0.844. The van der Waals surface area contributed by atoms with Crippen LogP contribution < -0.4 is 0 Å². The number of aryl methyl sites for hydroxylation is 2. The fourth-order valence-electron chi connectivity index (χ4n) is 3.30. The van der Waals surface area contributed by atoms with E-state index >= 15 is 0 Å². The van der Waals surface area contributed by atoms with Gasteiger partial charge < -0.3 is 14.4 Å². The van der Waals surface area contributed by atoms with Crippen molar-refractivity contribution in [3.63, 3.8) is 0 Å². The molecule has 3 rings (SSSR count). The van der Waals surface area contributed by atoms with Crippen molar-refractivity contribution >= 4 is 17.8 Å². The number of aliphatic hydroxyl groups excluding tert-OH is 1. The van der Waals surface area contributed by atoms with Crippen molar-refractivity contribution in [3.8, 4) is 5.69 Å². The first-order valence-corrected chi connectivity index (χ1v) is 8.39. The largest absolute Gasteiger partial charge is 0.505 e. The van der Waals surface area contributed by atoms with Crippen molar-refractivity contribution in [3.05, 3.63) is 69.9 Å². The van der Waals surface area contributed by atoms with Gasteiger partial charge in [-0.15, -0.1) is 0 Å². The summed E-state index contributed by atoms with van der Waals surface area (Å²) in [5.74, 6) is -0.729. The van der Waals surface area contributed by atoms with Crippen LogP contribution in [-0.2, 0) is 9.53 Å². The predicted molar refractivity (Wildman–Crippen MR) is 103 cm³/mol. The number of benzene rings is 1. The molecular formula is C21H22N2O3. The molecule has 1 aromatic carbocycles. The second kappa shape index (κ2) is 6.67. The Bertz CT molecular complexity index is 991. The SMILES string of the molecule is COC(=O)C1=C(O)/C(=C/c2cc(C)n(-c3ccccc3C)c2C)N=C1C. The summed E-state index contributed by atoms with van der Waals surface area (Å²) in [6.07, 6.45) is 1.80. The number of ether oxygens (including phenoxy) is 1. The molecule has 0 unspecified atom stereocenters. The van der Waals surface area contributed by atoms with Gasteiger partial charge in [-0.1, -0.05) is 18.2 Å². The lowest BCUT2D eigenvalue weighted by molar-refractivity contribution is -0.135. The van der Waals surface area contributed by atoms with Gasteiger partial charge in [0.1, 0.15) is 11.3 Å². The van der Waals surface area contributed by atoms with Gasteiger partial charge in [0.25, 0.3) is 0 Å². The summed E-state index contributed by atoms with van der Waals surface area (Å²) in [6.45, 7) is 7.83. The van der Waals surface area contributed by atoms with E-state index < -0.39 is 5.97 Å². The van der Waals surface area contributed by atoms with Crippen LogP contribution in [0.1, 0.15) is 29.4 Å². The molecule has 0 atom stereocenters. The molecule has 2 heterocycles. The Balaban J connectivity index is 2.10. The minimum absolute atomic E-state index is 0.117. The third-order valence-corrected chi connectivity index (χ3v) is 4.64. The zero-order valence-corrected chi connectivity index (χ0v) is 15.6. The highest BCUT2D eigenvalue weighted by Gasteiger charge is 2.27. The number of nitrogens with zero attached hydrogens (tertiary/aromatic N) is 2. The van der Waals surface area contributed by atoms with E-state index in [1.165, 1.54) is 12.7 Å². The third-order valence-electron chi connectivity index (χ3n) is 4.64. The molecular weight excluding hydrogens is 328 g/mol. The van der Waals surface area contributed by atoms with E-state index in [2.05, 4.69) is 28.6 Å². The number of aliphatic hydroxyl groups is 1. The van der Waals surface area contributed by atoms with Crippen LogP contribution in [0.3, 0.4) is 0 Å². The van der Waals surface area contributed by atoms with Gasteiger partial charge in [-0.05, 0) is 57.0 Å². The number of hydrogen-bond donors (Lipinski definition) is 1. The highest BCUT2D eigenvalue weighted by molar-refractivity contribution is 6.22. The summed E-state index contributed by atoms with van der Waals surface area (Å²) < 4.78 is 6.90. The highest BCUT2D eigenvalue weighted by Crippen LogP contribution is 2.29. The van der Waals surface area contributed by atoms with E-state index in [0.717, 1.165) is 22.6 Å². The van der Waals surface area contributed by atoms with Crippen LogP contribution in [0.25, 0.3) is 11.8 Å². The molecule has 0 saturated carbocycles. The molecule has 26 heavy (non-hydrogen) atoms. The lowest BCUT2D eigenvalue weighted by Gasteiger charge is -2.12. The second-order valence-corrected chi connectivity index (χ2v) is 6.39. The van der Waals surface area contributed by atoms with E-state index in [1.54, 1.807) is 13.0 Å². The van der Waals surface area contributed by atoms with E-state index in [9.17, 15) is 9.90 Å². The Morgan fingerprint density at radius 3 is 2.54 bits per heavy atom. The van der Waals surface area contributed by atoms with E-state index in [1.807, 2.05) is 32.0 Å². The fourth-order valence-corrected chi connectivity index (χ4v) is 3.30. The number of hydrogen-bond acceptors (Lipinski definition) is 4. The van der Waals surface area contributed by atoms with Gasteiger partial charge in [-0.3, -0.25) is 0 Å². The first kappa shape index (κ1) is 17.7. The Labute approximate surface area is 153 Å². The topological polar surface area (TPSA) is 63.8 Å². The average molecular weight is 350 g/mol. The Kier molecular flexibility index (Phi) is 4.55. The molecule has 134 valence electrons. The fraction of sp³-hybridized carbons (Fsp3) is 0.238. The van der Waals surface area contributed by atoms with Crippen molar-refractivity contribution < 1.29 is 14.6 Å². The highest BCUT2D eigenvalue weighted by atomic mass is 16.5. The maximum atomic E-state index is 11.8. The molecule has 0 saturated heterocycles. The van der Waals surface area contributed by atoms with E-state index in [0.29, 0.717) is 11.4 Å². The van der Waals surface area contributed by atoms with Crippen LogP contribution in [0, 0.1) is 20.8 Å². The molecule has 5 heteroatoms. The molecule has 1 aliphatic rings. The van der Waals surface area contributed by atoms with Crippen LogP contribution in [0.15, 0.2) is 52.4 Å². The van der Waals surface area contributed by atoms with Crippen LogP contribution >= 0.6 is 0 Å². The molecule has 0 amide bonds. The summed E-state index contributed by atoms with van der Waals surface area (Å²) in [7, 11) is 1.29. The molecule has 0 fully saturated rings. The summed E-state index contributed by atoms with van der Waals surface area (Å²) in [6, 6.07) is 10.2. The number of methoxy groups -OCH3 is 1. The zero-order chi connectivity index (χ0) is 19.0. The minimum Gasteiger partial charge on any atom is -0.505 e. The van der Waals surface area contributed by atoms with E-state index in [-0.39, 0.29) is 11.3 Å². The predicted octanol–water partition coefficient (Wildman–Crippen LogP) is 4.20. The van der Waals surface area contributed by atoms with Crippen LogP contribution in [0.5, 0.6) is 0 Å².